The summed E-state index contributed by atoms with van der Waals surface area (Å²) >= 11 is 0. The summed E-state index contributed by atoms with van der Waals surface area (Å²) in [6.07, 6.45) is 13.4. The van der Waals surface area contributed by atoms with Gasteiger partial charge in [-0.2, -0.15) is 0 Å². The fourth-order valence-corrected chi connectivity index (χ4v) is 3.35. The predicted molar refractivity (Wildman–Crippen MR) is 89.4 cm³/mol. The Balaban J connectivity index is 1.51. The lowest BCUT2D eigenvalue weighted by Gasteiger charge is -2.32. The van der Waals surface area contributed by atoms with Crippen LogP contribution < -0.4 is 5.32 Å². The molecule has 126 valence electrons. The number of rotatable bonds is 5. The molecular weight excluding hydrogens is 304 g/mol. The van der Waals surface area contributed by atoms with E-state index in [0.717, 1.165) is 49.7 Å². The average Bonchev–Trinajstić information content (AvgIpc) is 3.27. The van der Waals surface area contributed by atoms with E-state index in [1.165, 1.54) is 0 Å². The highest BCUT2D eigenvalue weighted by atomic mass is 16.5. The number of hydrogen-bond acceptors (Lipinski definition) is 5. The van der Waals surface area contributed by atoms with E-state index in [4.69, 9.17) is 4.74 Å². The monoisotopic (exact) mass is 326 g/mol. The molecule has 0 aliphatic carbocycles. The van der Waals surface area contributed by atoms with E-state index in [1.54, 1.807) is 12.4 Å². The van der Waals surface area contributed by atoms with Gasteiger partial charge in [-0.05, 0) is 19.8 Å². The highest BCUT2D eigenvalue weighted by Gasteiger charge is 2.30. The molecule has 0 spiro atoms. The second-order valence-electron chi connectivity index (χ2n) is 6.05. The summed E-state index contributed by atoms with van der Waals surface area (Å²) in [5.74, 6) is 1.01. The molecule has 0 unspecified atom stereocenters. The number of nitrogens with zero attached hydrogens (tertiary/aromatic N) is 5. The topological polar surface area (TPSA) is 69.3 Å². The van der Waals surface area contributed by atoms with Crippen LogP contribution in [0.5, 0.6) is 0 Å². The second-order valence-corrected chi connectivity index (χ2v) is 6.05. The number of imidazole rings is 2. The van der Waals surface area contributed by atoms with Gasteiger partial charge in [0.2, 0.25) is 0 Å². The highest BCUT2D eigenvalue weighted by Crippen LogP contribution is 2.27. The first-order valence-corrected chi connectivity index (χ1v) is 8.48. The molecule has 4 heterocycles. The van der Waals surface area contributed by atoms with Crippen LogP contribution in [0.3, 0.4) is 0 Å². The van der Waals surface area contributed by atoms with Gasteiger partial charge in [0.1, 0.15) is 11.9 Å². The lowest BCUT2D eigenvalue weighted by molar-refractivity contribution is -0.0183. The van der Waals surface area contributed by atoms with Crippen molar-refractivity contribution in [3.63, 3.8) is 0 Å². The molecule has 2 atom stereocenters. The van der Waals surface area contributed by atoms with Gasteiger partial charge < -0.3 is 14.6 Å². The summed E-state index contributed by atoms with van der Waals surface area (Å²) in [5, 5.41) is 3.65. The fourth-order valence-electron chi connectivity index (χ4n) is 3.35. The third kappa shape index (κ3) is 2.81. The molecule has 0 aromatic carbocycles. The molecule has 4 rings (SSSR count). The third-order valence-electron chi connectivity index (χ3n) is 4.60. The molecule has 1 aliphatic rings. The summed E-state index contributed by atoms with van der Waals surface area (Å²) in [5.41, 5.74) is 1.99. The molecule has 0 bridgehead atoms. The molecule has 1 saturated heterocycles. The molecule has 3 aromatic heterocycles. The van der Waals surface area contributed by atoms with E-state index in [-0.39, 0.29) is 12.1 Å². The Kier molecular flexibility index (Phi) is 4.27. The van der Waals surface area contributed by atoms with Gasteiger partial charge in [0.05, 0.1) is 18.1 Å². The Morgan fingerprint density at radius 3 is 3.12 bits per heavy atom. The van der Waals surface area contributed by atoms with E-state index in [1.807, 2.05) is 24.8 Å². The predicted octanol–water partition coefficient (Wildman–Crippen LogP) is 1.96. The summed E-state index contributed by atoms with van der Waals surface area (Å²) < 4.78 is 10.3. The Bertz CT molecular complexity index is 810. The van der Waals surface area contributed by atoms with Crippen LogP contribution in [0.1, 0.15) is 37.4 Å². The van der Waals surface area contributed by atoms with Gasteiger partial charge in [-0.1, -0.05) is 0 Å². The highest BCUT2D eigenvalue weighted by molar-refractivity contribution is 5.36. The first-order valence-electron chi connectivity index (χ1n) is 8.48. The fraction of sp³-hybridized carbons (Fsp3) is 0.471. The standard InChI is InChI=1S/C17H22N6O/c1-2-22-7-6-19-17(22)16-14(4-3-9-24-16)20-10-13-11-21-15-12-18-5-8-23(13)15/h5-8,11-12,14,16,20H,2-4,9-10H2,1H3/t14-,16-/m0/s1. The van der Waals surface area contributed by atoms with Gasteiger partial charge in [-0.25, -0.2) is 9.97 Å². The van der Waals surface area contributed by atoms with Crippen molar-refractivity contribution in [2.45, 2.75) is 45.0 Å². The van der Waals surface area contributed by atoms with Crippen molar-refractivity contribution >= 4 is 5.65 Å². The minimum absolute atomic E-state index is 0.00504. The molecule has 0 amide bonds. The number of ether oxygens (including phenoxy) is 1. The molecular formula is C17H22N6O. The van der Waals surface area contributed by atoms with Gasteiger partial charge in [-0.3, -0.25) is 9.38 Å². The largest absolute Gasteiger partial charge is 0.369 e. The maximum absolute atomic E-state index is 6.06. The third-order valence-corrected chi connectivity index (χ3v) is 4.60. The first-order chi connectivity index (χ1) is 11.9. The molecule has 7 heteroatoms. The Morgan fingerprint density at radius 2 is 2.21 bits per heavy atom. The van der Waals surface area contributed by atoms with Crippen molar-refractivity contribution in [3.05, 3.63) is 48.7 Å². The summed E-state index contributed by atoms with van der Waals surface area (Å²) in [7, 11) is 0. The number of fused-ring (bicyclic) bond motifs is 1. The van der Waals surface area contributed by atoms with Gasteiger partial charge in [0, 0.05) is 50.5 Å². The number of hydrogen-bond donors (Lipinski definition) is 1. The zero-order valence-electron chi connectivity index (χ0n) is 13.8. The van der Waals surface area contributed by atoms with E-state index in [0.29, 0.717) is 0 Å². The normalized spacial score (nSPS) is 21.4. The van der Waals surface area contributed by atoms with Gasteiger partial charge in [0.15, 0.2) is 5.65 Å². The summed E-state index contributed by atoms with van der Waals surface area (Å²) in [6, 6.07) is 0.249. The van der Waals surface area contributed by atoms with Crippen LogP contribution in [-0.2, 0) is 17.8 Å². The average molecular weight is 326 g/mol. The Morgan fingerprint density at radius 1 is 1.25 bits per heavy atom. The van der Waals surface area contributed by atoms with E-state index in [9.17, 15) is 0 Å². The zero-order valence-corrected chi connectivity index (χ0v) is 13.8. The van der Waals surface area contributed by atoms with Crippen molar-refractivity contribution < 1.29 is 4.74 Å². The quantitative estimate of drug-likeness (QED) is 0.776. The minimum Gasteiger partial charge on any atom is -0.369 e. The molecule has 0 radical (unpaired) electrons. The Hall–Kier alpha value is -2.25. The maximum atomic E-state index is 6.06. The molecule has 0 saturated carbocycles. The number of aromatic nitrogens is 5. The maximum Gasteiger partial charge on any atom is 0.155 e. The van der Waals surface area contributed by atoms with Crippen molar-refractivity contribution in [1.82, 2.24) is 29.2 Å². The second kappa shape index (κ2) is 6.70. The SMILES string of the molecule is CCn1ccnc1[C@H]1OCCC[C@@H]1NCc1cnc2cnccn12. The lowest BCUT2D eigenvalue weighted by Crippen LogP contribution is -2.40. The number of nitrogens with one attached hydrogen (secondary N) is 1. The Labute approximate surface area is 140 Å². The van der Waals surface area contributed by atoms with Gasteiger partial charge in [0.25, 0.3) is 0 Å². The minimum atomic E-state index is -0.00504. The van der Waals surface area contributed by atoms with Crippen molar-refractivity contribution in [2.75, 3.05) is 6.61 Å². The molecule has 24 heavy (non-hydrogen) atoms. The van der Waals surface area contributed by atoms with Crippen molar-refractivity contribution in [3.8, 4) is 0 Å². The molecule has 7 nitrogen and oxygen atoms in total. The van der Waals surface area contributed by atoms with Crippen LogP contribution in [0, 0.1) is 0 Å². The molecule has 1 aliphatic heterocycles. The van der Waals surface area contributed by atoms with E-state index >= 15 is 0 Å². The van der Waals surface area contributed by atoms with Crippen LogP contribution >= 0.6 is 0 Å². The molecule has 3 aromatic rings. The number of aryl methyl sites for hydroxylation is 1. The van der Waals surface area contributed by atoms with Crippen LogP contribution in [0.4, 0.5) is 0 Å². The van der Waals surface area contributed by atoms with Gasteiger partial charge in [-0.15, -0.1) is 0 Å². The molecule has 1 fully saturated rings. The van der Waals surface area contributed by atoms with E-state index < -0.39 is 0 Å². The lowest BCUT2D eigenvalue weighted by atomic mass is 10.0. The summed E-state index contributed by atoms with van der Waals surface area (Å²) in [6.45, 7) is 4.56. The zero-order chi connectivity index (χ0) is 16.4. The van der Waals surface area contributed by atoms with Crippen molar-refractivity contribution in [1.29, 1.82) is 0 Å². The van der Waals surface area contributed by atoms with E-state index in [2.05, 4.69) is 36.2 Å². The summed E-state index contributed by atoms with van der Waals surface area (Å²) in [4.78, 5) is 13.0. The van der Waals surface area contributed by atoms with Crippen LogP contribution in [-0.4, -0.2) is 36.6 Å². The van der Waals surface area contributed by atoms with Crippen molar-refractivity contribution in [2.24, 2.45) is 0 Å². The van der Waals surface area contributed by atoms with Gasteiger partial charge >= 0.3 is 0 Å². The first kappa shape index (κ1) is 15.3. The van der Waals surface area contributed by atoms with Crippen LogP contribution in [0.2, 0.25) is 0 Å². The molecule has 1 N–H and O–H groups in total. The van der Waals surface area contributed by atoms with Crippen LogP contribution in [0.15, 0.2) is 37.2 Å². The smallest absolute Gasteiger partial charge is 0.155 e. The van der Waals surface area contributed by atoms with Crippen LogP contribution in [0.25, 0.3) is 5.65 Å².